The van der Waals surface area contributed by atoms with Gasteiger partial charge in [-0.3, -0.25) is 4.79 Å². The monoisotopic (exact) mass is 390 g/mol. The van der Waals surface area contributed by atoms with Gasteiger partial charge in [0.15, 0.2) is 5.78 Å². The van der Waals surface area contributed by atoms with Crippen LogP contribution in [0.5, 0.6) is 0 Å². The zero-order chi connectivity index (χ0) is 20.2. The van der Waals surface area contributed by atoms with Crippen molar-refractivity contribution in [2.75, 3.05) is 25.1 Å². The highest BCUT2D eigenvalue weighted by atomic mass is 16.5. The molecule has 1 unspecified atom stereocenters. The van der Waals surface area contributed by atoms with Gasteiger partial charge < -0.3 is 15.2 Å². The summed E-state index contributed by atoms with van der Waals surface area (Å²) in [7, 11) is 0. The van der Waals surface area contributed by atoms with Crippen LogP contribution in [-0.4, -0.2) is 41.7 Å². The van der Waals surface area contributed by atoms with Crippen LogP contribution in [-0.2, 0) is 4.74 Å². The van der Waals surface area contributed by atoms with Crippen molar-refractivity contribution in [2.24, 2.45) is 0 Å². The second-order valence-corrected chi connectivity index (χ2v) is 7.76. The van der Waals surface area contributed by atoms with E-state index in [9.17, 15) is 9.90 Å². The third-order valence-corrected chi connectivity index (χ3v) is 5.49. The molecule has 150 valence electrons. The number of benzene rings is 2. The van der Waals surface area contributed by atoms with Crippen LogP contribution in [0.2, 0.25) is 0 Å². The molecule has 1 aliphatic rings. The van der Waals surface area contributed by atoms with E-state index in [1.807, 2.05) is 61.7 Å². The summed E-state index contributed by atoms with van der Waals surface area (Å²) >= 11 is 0. The summed E-state index contributed by atoms with van der Waals surface area (Å²) in [4.78, 5) is 17.4. The zero-order valence-corrected chi connectivity index (χ0v) is 16.6. The molecule has 3 aromatic rings. The molecule has 5 nitrogen and oxygen atoms in total. The Morgan fingerprint density at radius 1 is 1.24 bits per heavy atom. The average Bonchev–Trinajstić information content (AvgIpc) is 3.24. The lowest BCUT2D eigenvalue weighted by atomic mass is 9.91. The maximum absolute atomic E-state index is 12.9. The first-order valence-corrected chi connectivity index (χ1v) is 10.1. The van der Waals surface area contributed by atoms with Crippen LogP contribution in [0, 0.1) is 6.92 Å². The van der Waals surface area contributed by atoms with Crippen molar-refractivity contribution in [3.63, 3.8) is 0 Å². The molecule has 29 heavy (non-hydrogen) atoms. The highest BCUT2D eigenvalue weighted by Gasteiger charge is 2.18. The van der Waals surface area contributed by atoms with Crippen molar-refractivity contribution in [3.8, 4) is 0 Å². The number of nitrogens with zero attached hydrogens (tertiary/aromatic N) is 1. The number of rotatable bonds is 7. The van der Waals surface area contributed by atoms with E-state index in [1.54, 1.807) is 0 Å². The number of Topliss-reactive ketones (excluding diaryl/α,β-unsaturated/α-hetero) is 1. The number of hydrogen-bond donors (Lipinski definition) is 2. The topological polar surface area (TPSA) is 71.5 Å². The lowest BCUT2D eigenvalue weighted by Gasteiger charge is -2.15. The third kappa shape index (κ3) is 4.63. The zero-order valence-electron chi connectivity index (χ0n) is 16.6. The highest BCUT2D eigenvalue weighted by Crippen LogP contribution is 2.25. The van der Waals surface area contributed by atoms with Crippen LogP contribution in [0.25, 0.3) is 10.8 Å². The summed E-state index contributed by atoms with van der Waals surface area (Å²) in [5.74, 6) is 0.628. The van der Waals surface area contributed by atoms with Gasteiger partial charge in [-0.15, -0.1) is 0 Å². The lowest BCUT2D eigenvalue weighted by molar-refractivity contribution is 0.0960. The molecule has 2 heterocycles. The average molecular weight is 390 g/mol. The van der Waals surface area contributed by atoms with E-state index in [1.165, 1.54) is 0 Å². The van der Waals surface area contributed by atoms with Crippen LogP contribution in [0.15, 0.2) is 54.7 Å². The van der Waals surface area contributed by atoms with Gasteiger partial charge in [-0.05, 0) is 36.4 Å². The molecule has 0 spiro atoms. The van der Waals surface area contributed by atoms with Crippen LogP contribution in [0.4, 0.5) is 5.82 Å². The van der Waals surface area contributed by atoms with Gasteiger partial charge >= 0.3 is 0 Å². The van der Waals surface area contributed by atoms with Crippen molar-refractivity contribution >= 4 is 22.4 Å². The van der Waals surface area contributed by atoms with Gasteiger partial charge in [0.25, 0.3) is 0 Å². The van der Waals surface area contributed by atoms with E-state index < -0.39 is 0 Å². The van der Waals surface area contributed by atoms with Crippen LogP contribution < -0.4 is 5.32 Å². The fourth-order valence-corrected chi connectivity index (χ4v) is 3.80. The maximum Gasteiger partial charge on any atom is 0.163 e. The SMILES string of the molecule is Cc1cccc([C@@H](CO)CC(=O)c2ccc3cnc(NC4CCOC4)cc3c2)c1. The van der Waals surface area contributed by atoms with Gasteiger partial charge in [-0.2, -0.15) is 0 Å². The Bertz CT molecular complexity index is 1010. The number of carbonyl (C=O) groups is 1. The molecule has 5 heteroatoms. The lowest BCUT2D eigenvalue weighted by Crippen LogP contribution is -2.19. The van der Waals surface area contributed by atoms with Crippen LogP contribution in [0.1, 0.15) is 40.2 Å². The summed E-state index contributed by atoms with van der Waals surface area (Å²) in [6, 6.07) is 15.9. The summed E-state index contributed by atoms with van der Waals surface area (Å²) in [5.41, 5.74) is 2.78. The standard InChI is InChI=1S/C24H26N2O3/c1-16-3-2-4-17(9-16)21(14-27)11-23(28)18-5-6-19-13-25-24(12-20(19)10-18)26-22-7-8-29-15-22/h2-6,9-10,12-13,21-22,27H,7-8,11,14-15H2,1H3,(H,25,26)/t21-,22?/m1/s1. The molecule has 2 N–H and O–H groups in total. The smallest absolute Gasteiger partial charge is 0.163 e. The third-order valence-electron chi connectivity index (χ3n) is 5.49. The van der Waals surface area contributed by atoms with Crippen molar-refractivity contribution < 1.29 is 14.6 Å². The van der Waals surface area contributed by atoms with Crippen molar-refractivity contribution in [3.05, 3.63) is 71.4 Å². The molecule has 1 saturated heterocycles. The van der Waals surface area contributed by atoms with E-state index in [-0.39, 0.29) is 30.8 Å². The van der Waals surface area contributed by atoms with Gasteiger partial charge in [0, 0.05) is 36.1 Å². The van der Waals surface area contributed by atoms with Gasteiger partial charge in [-0.1, -0.05) is 42.0 Å². The van der Waals surface area contributed by atoms with Crippen LogP contribution >= 0.6 is 0 Å². The normalized spacial score (nSPS) is 17.4. The Hall–Kier alpha value is -2.76. The molecule has 0 aliphatic carbocycles. The Balaban J connectivity index is 1.53. The second kappa shape index (κ2) is 8.72. The first-order valence-electron chi connectivity index (χ1n) is 10.1. The van der Waals surface area contributed by atoms with E-state index in [4.69, 9.17) is 4.74 Å². The van der Waals surface area contributed by atoms with Gasteiger partial charge in [0.1, 0.15) is 5.82 Å². The van der Waals surface area contributed by atoms with Crippen molar-refractivity contribution in [1.82, 2.24) is 4.98 Å². The summed E-state index contributed by atoms with van der Waals surface area (Å²) in [5, 5.41) is 15.2. The predicted molar refractivity (Wildman–Crippen MR) is 115 cm³/mol. The van der Waals surface area contributed by atoms with E-state index in [0.29, 0.717) is 12.2 Å². The second-order valence-electron chi connectivity index (χ2n) is 7.76. The number of ether oxygens (including phenoxy) is 1. The molecule has 1 aromatic heterocycles. The molecule has 2 atom stereocenters. The molecule has 0 saturated carbocycles. The van der Waals surface area contributed by atoms with Crippen molar-refractivity contribution in [2.45, 2.75) is 31.7 Å². The van der Waals surface area contributed by atoms with Crippen LogP contribution in [0.3, 0.4) is 0 Å². The Labute approximate surface area is 170 Å². The number of aryl methyl sites for hydroxylation is 1. The molecular weight excluding hydrogens is 364 g/mol. The highest BCUT2D eigenvalue weighted by molar-refractivity contribution is 6.00. The fraction of sp³-hybridized carbons (Fsp3) is 0.333. The number of ketones is 1. The molecule has 0 bridgehead atoms. The summed E-state index contributed by atoms with van der Waals surface area (Å²) in [6.07, 6.45) is 3.08. The van der Waals surface area contributed by atoms with Gasteiger partial charge in [0.2, 0.25) is 0 Å². The maximum atomic E-state index is 12.9. The quantitative estimate of drug-likeness (QED) is 0.595. The number of nitrogens with one attached hydrogen (secondary N) is 1. The molecule has 0 amide bonds. The molecule has 1 aliphatic heterocycles. The first-order chi connectivity index (χ1) is 14.1. The number of aliphatic hydroxyl groups is 1. The number of aliphatic hydroxyl groups excluding tert-OH is 1. The minimum absolute atomic E-state index is 0.0305. The molecule has 1 fully saturated rings. The predicted octanol–water partition coefficient (Wildman–Crippen LogP) is 4.09. The first kappa shape index (κ1) is 19.6. The molecule has 2 aromatic carbocycles. The number of anilines is 1. The minimum atomic E-state index is -0.199. The number of pyridine rings is 1. The van der Waals surface area contributed by atoms with E-state index in [0.717, 1.165) is 40.7 Å². The van der Waals surface area contributed by atoms with Gasteiger partial charge in [-0.25, -0.2) is 4.98 Å². The number of carbonyl (C=O) groups excluding carboxylic acids is 1. The number of hydrogen-bond acceptors (Lipinski definition) is 5. The fourth-order valence-electron chi connectivity index (χ4n) is 3.80. The number of aromatic nitrogens is 1. The molecule has 0 radical (unpaired) electrons. The minimum Gasteiger partial charge on any atom is -0.396 e. The Kier molecular flexibility index (Phi) is 5.88. The molecular formula is C24H26N2O3. The Morgan fingerprint density at radius 2 is 2.14 bits per heavy atom. The Morgan fingerprint density at radius 3 is 2.90 bits per heavy atom. The molecule has 4 rings (SSSR count). The van der Waals surface area contributed by atoms with Gasteiger partial charge in [0.05, 0.1) is 19.3 Å². The number of fused-ring (bicyclic) bond motifs is 1. The van der Waals surface area contributed by atoms with E-state index in [2.05, 4.69) is 10.3 Å². The van der Waals surface area contributed by atoms with E-state index >= 15 is 0 Å². The summed E-state index contributed by atoms with van der Waals surface area (Å²) < 4.78 is 5.40. The largest absolute Gasteiger partial charge is 0.396 e. The van der Waals surface area contributed by atoms with Crippen molar-refractivity contribution in [1.29, 1.82) is 0 Å². The summed E-state index contributed by atoms with van der Waals surface area (Å²) in [6.45, 7) is 3.43.